The van der Waals surface area contributed by atoms with E-state index >= 15 is 0 Å². The maximum absolute atomic E-state index is 13.1. The van der Waals surface area contributed by atoms with E-state index in [4.69, 9.17) is 0 Å². The average molecular weight is 272 g/mol. The number of fused-ring (bicyclic) bond motifs is 2. The fourth-order valence-corrected chi connectivity index (χ4v) is 3.62. The molecule has 0 saturated carbocycles. The third-order valence-corrected chi connectivity index (χ3v) is 4.57. The summed E-state index contributed by atoms with van der Waals surface area (Å²) in [7, 11) is 0. The molecule has 2 heterocycles. The molecule has 2 aliphatic rings. The predicted molar refractivity (Wildman–Crippen MR) is 80.7 cm³/mol. The second kappa shape index (κ2) is 4.88. The van der Waals surface area contributed by atoms with Gasteiger partial charge in [0.15, 0.2) is 0 Å². The molecule has 20 heavy (non-hydrogen) atoms. The van der Waals surface area contributed by atoms with Crippen LogP contribution in [0.3, 0.4) is 0 Å². The van der Waals surface area contributed by atoms with Crippen LogP contribution >= 0.6 is 0 Å². The van der Waals surface area contributed by atoms with Crippen molar-refractivity contribution < 1.29 is 4.79 Å². The second-order valence-corrected chi connectivity index (χ2v) is 7.09. The molecule has 1 aromatic rings. The van der Waals surface area contributed by atoms with Gasteiger partial charge in [-0.3, -0.25) is 4.79 Å². The van der Waals surface area contributed by atoms with Gasteiger partial charge < -0.3 is 10.2 Å². The Morgan fingerprint density at radius 1 is 1.25 bits per heavy atom. The van der Waals surface area contributed by atoms with Crippen molar-refractivity contribution in [2.24, 2.45) is 5.41 Å². The van der Waals surface area contributed by atoms with Gasteiger partial charge in [0.05, 0.1) is 5.92 Å². The number of carbonyl (C=O) groups is 1. The zero-order valence-electron chi connectivity index (χ0n) is 12.6. The van der Waals surface area contributed by atoms with Gasteiger partial charge >= 0.3 is 0 Å². The predicted octanol–water partition coefficient (Wildman–Crippen LogP) is 2.17. The molecule has 3 heteroatoms. The lowest BCUT2D eigenvalue weighted by Crippen LogP contribution is -2.55. The number of amides is 1. The van der Waals surface area contributed by atoms with Crippen molar-refractivity contribution in [1.82, 2.24) is 10.2 Å². The first-order chi connectivity index (χ1) is 9.48. The van der Waals surface area contributed by atoms with E-state index in [-0.39, 0.29) is 11.3 Å². The zero-order chi connectivity index (χ0) is 14.3. The largest absolute Gasteiger partial charge is 0.336 e. The number of carbonyl (C=O) groups excluding carboxylic acids is 1. The van der Waals surface area contributed by atoms with E-state index in [1.54, 1.807) is 0 Å². The Hall–Kier alpha value is -1.35. The van der Waals surface area contributed by atoms with Crippen LogP contribution in [0.15, 0.2) is 24.3 Å². The Labute approximate surface area is 121 Å². The summed E-state index contributed by atoms with van der Waals surface area (Å²) in [6.07, 6.45) is 0.974. The molecule has 0 aliphatic carbocycles. The van der Waals surface area contributed by atoms with Crippen LogP contribution in [0.4, 0.5) is 0 Å². The minimum absolute atomic E-state index is 0.0261. The fraction of sp³-hybridized carbons (Fsp3) is 0.588. The molecule has 3 nitrogen and oxygen atoms in total. The Morgan fingerprint density at radius 3 is 2.75 bits per heavy atom. The topological polar surface area (TPSA) is 32.3 Å². The van der Waals surface area contributed by atoms with Gasteiger partial charge in [0, 0.05) is 25.7 Å². The summed E-state index contributed by atoms with van der Waals surface area (Å²) in [6.45, 7) is 9.19. The molecule has 1 N–H and O–H groups in total. The van der Waals surface area contributed by atoms with Crippen molar-refractivity contribution in [2.75, 3.05) is 19.6 Å². The summed E-state index contributed by atoms with van der Waals surface area (Å²) in [5.41, 5.74) is 2.53. The summed E-state index contributed by atoms with van der Waals surface area (Å²) < 4.78 is 0. The highest BCUT2D eigenvalue weighted by molar-refractivity contribution is 5.86. The van der Waals surface area contributed by atoms with Crippen molar-refractivity contribution in [3.05, 3.63) is 35.4 Å². The van der Waals surface area contributed by atoms with Gasteiger partial charge in [-0.2, -0.15) is 0 Å². The summed E-state index contributed by atoms with van der Waals surface area (Å²) in [6, 6.07) is 8.81. The van der Waals surface area contributed by atoms with Gasteiger partial charge in [-0.1, -0.05) is 45.0 Å². The number of piperazine rings is 1. The molecular weight excluding hydrogens is 248 g/mol. The normalized spacial score (nSPS) is 26.8. The Morgan fingerprint density at radius 2 is 2.00 bits per heavy atom. The van der Waals surface area contributed by atoms with Crippen LogP contribution in [0.1, 0.15) is 37.8 Å². The lowest BCUT2D eigenvalue weighted by atomic mass is 9.74. The third kappa shape index (κ3) is 2.24. The van der Waals surface area contributed by atoms with Crippen molar-refractivity contribution in [1.29, 1.82) is 0 Å². The zero-order valence-corrected chi connectivity index (χ0v) is 12.6. The molecule has 2 atom stereocenters. The van der Waals surface area contributed by atoms with Crippen LogP contribution in [0.5, 0.6) is 0 Å². The molecule has 0 radical (unpaired) electrons. The number of nitrogens with zero attached hydrogens (tertiary/aromatic N) is 1. The van der Waals surface area contributed by atoms with E-state index in [2.05, 4.69) is 55.3 Å². The SMILES string of the molecule is CC(C)(C)C1C(=O)N2CCNCC2Cc2ccccc21. The third-order valence-electron chi connectivity index (χ3n) is 4.57. The number of benzene rings is 1. The lowest BCUT2D eigenvalue weighted by molar-refractivity contribution is -0.138. The molecule has 1 amide bonds. The van der Waals surface area contributed by atoms with Crippen LogP contribution < -0.4 is 5.32 Å². The minimum Gasteiger partial charge on any atom is -0.336 e. The Bertz CT molecular complexity index is 518. The van der Waals surface area contributed by atoms with Crippen LogP contribution in [0, 0.1) is 5.41 Å². The first-order valence-corrected chi connectivity index (χ1v) is 7.57. The van der Waals surface area contributed by atoms with E-state index in [1.165, 1.54) is 11.1 Å². The van der Waals surface area contributed by atoms with E-state index in [0.717, 1.165) is 26.1 Å². The van der Waals surface area contributed by atoms with Crippen molar-refractivity contribution in [3.8, 4) is 0 Å². The highest BCUT2D eigenvalue weighted by Crippen LogP contribution is 2.41. The molecule has 2 aliphatic heterocycles. The highest BCUT2D eigenvalue weighted by atomic mass is 16.2. The maximum Gasteiger partial charge on any atom is 0.231 e. The molecular formula is C17H24N2O. The van der Waals surface area contributed by atoms with Crippen molar-refractivity contribution in [3.63, 3.8) is 0 Å². The van der Waals surface area contributed by atoms with Crippen LogP contribution in [0.2, 0.25) is 0 Å². The van der Waals surface area contributed by atoms with E-state index in [9.17, 15) is 4.79 Å². The Balaban J connectivity index is 2.10. The Kier molecular flexibility index (Phi) is 3.33. The fourth-order valence-electron chi connectivity index (χ4n) is 3.62. The molecule has 1 saturated heterocycles. The van der Waals surface area contributed by atoms with Gasteiger partial charge in [0.2, 0.25) is 5.91 Å². The first-order valence-electron chi connectivity index (χ1n) is 7.57. The van der Waals surface area contributed by atoms with Gasteiger partial charge in [-0.05, 0) is 23.0 Å². The number of hydrogen-bond donors (Lipinski definition) is 1. The molecule has 108 valence electrons. The number of hydrogen-bond acceptors (Lipinski definition) is 2. The number of rotatable bonds is 0. The van der Waals surface area contributed by atoms with Gasteiger partial charge in [-0.15, -0.1) is 0 Å². The van der Waals surface area contributed by atoms with E-state index in [0.29, 0.717) is 11.9 Å². The van der Waals surface area contributed by atoms with E-state index in [1.807, 2.05) is 0 Å². The molecule has 1 fully saturated rings. The smallest absolute Gasteiger partial charge is 0.231 e. The number of nitrogens with one attached hydrogen (secondary N) is 1. The van der Waals surface area contributed by atoms with Crippen LogP contribution in [-0.2, 0) is 11.2 Å². The average Bonchev–Trinajstić information content (AvgIpc) is 2.52. The maximum atomic E-state index is 13.1. The monoisotopic (exact) mass is 272 g/mol. The van der Waals surface area contributed by atoms with E-state index < -0.39 is 0 Å². The van der Waals surface area contributed by atoms with Gasteiger partial charge in [0.25, 0.3) is 0 Å². The summed E-state index contributed by atoms with van der Waals surface area (Å²) >= 11 is 0. The highest BCUT2D eigenvalue weighted by Gasteiger charge is 2.42. The summed E-state index contributed by atoms with van der Waals surface area (Å²) in [5.74, 6) is 0.288. The first kappa shape index (κ1) is 13.6. The second-order valence-electron chi connectivity index (χ2n) is 7.09. The summed E-state index contributed by atoms with van der Waals surface area (Å²) in [5, 5.41) is 3.42. The molecule has 0 spiro atoms. The van der Waals surface area contributed by atoms with Crippen LogP contribution in [0.25, 0.3) is 0 Å². The van der Waals surface area contributed by atoms with Crippen molar-refractivity contribution >= 4 is 5.91 Å². The summed E-state index contributed by atoms with van der Waals surface area (Å²) in [4.78, 5) is 15.2. The van der Waals surface area contributed by atoms with Gasteiger partial charge in [0.1, 0.15) is 0 Å². The minimum atomic E-state index is -0.0487. The molecule has 3 rings (SSSR count). The molecule has 0 bridgehead atoms. The standard InChI is InChI=1S/C17H24N2O/c1-17(2,3)15-14-7-5-4-6-12(14)10-13-11-18-8-9-19(13)16(15)20/h4-7,13,15,18H,8-11H2,1-3H3. The van der Waals surface area contributed by atoms with Crippen molar-refractivity contribution in [2.45, 2.75) is 39.2 Å². The molecule has 0 aromatic heterocycles. The molecule has 1 aromatic carbocycles. The van der Waals surface area contributed by atoms with Gasteiger partial charge in [-0.25, -0.2) is 0 Å². The quantitative estimate of drug-likeness (QED) is 0.785. The lowest BCUT2D eigenvalue weighted by Gasteiger charge is -2.38. The molecule has 2 unspecified atom stereocenters. The van der Waals surface area contributed by atoms with Crippen LogP contribution in [-0.4, -0.2) is 36.5 Å².